The van der Waals surface area contributed by atoms with Gasteiger partial charge in [0.1, 0.15) is 5.76 Å². The first-order valence-corrected chi connectivity index (χ1v) is 7.34. The molecule has 0 aliphatic heterocycles. The van der Waals surface area contributed by atoms with E-state index in [2.05, 4.69) is 24.1 Å². The Labute approximate surface area is 125 Å². The van der Waals surface area contributed by atoms with Crippen LogP contribution in [-0.4, -0.2) is 17.4 Å². The first-order chi connectivity index (χ1) is 10.1. The predicted octanol–water partition coefficient (Wildman–Crippen LogP) is 3.35. The summed E-state index contributed by atoms with van der Waals surface area (Å²) < 4.78 is 5.73. The van der Waals surface area contributed by atoms with Gasteiger partial charge in [0.25, 0.3) is 0 Å². The van der Waals surface area contributed by atoms with Crippen LogP contribution in [0.25, 0.3) is 11.5 Å². The lowest BCUT2D eigenvalue weighted by Gasteiger charge is -2.06. The number of oxazole rings is 1. The maximum Gasteiger partial charge on any atom is 0.227 e. The van der Waals surface area contributed by atoms with Gasteiger partial charge in [0.15, 0.2) is 0 Å². The molecule has 1 aromatic carbocycles. The number of hydrogen-bond donors (Lipinski definition) is 1. The molecule has 2 aromatic rings. The average Bonchev–Trinajstić information content (AvgIpc) is 2.81. The molecule has 0 spiro atoms. The minimum atomic E-state index is -0.0190. The number of nitrogens with one attached hydrogen (secondary N) is 1. The summed E-state index contributed by atoms with van der Waals surface area (Å²) >= 11 is 0. The largest absolute Gasteiger partial charge is 0.440 e. The fourth-order valence-electron chi connectivity index (χ4n) is 2.00. The molecule has 0 aliphatic rings. The Kier molecular flexibility index (Phi) is 5.14. The summed E-state index contributed by atoms with van der Waals surface area (Å²) in [5.41, 5.74) is 1.69. The summed E-state index contributed by atoms with van der Waals surface area (Å²) in [7, 11) is 0. The van der Waals surface area contributed by atoms with Crippen molar-refractivity contribution in [2.45, 2.75) is 33.6 Å². The molecule has 0 atom stereocenters. The molecule has 0 aliphatic carbocycles. The second-order valence-electron chi connectivity index (χ2n) is 5.60. The highest BCUT2D eigenvalue weighted by molar-refractivity contribution is 5.78. The Morgan fingerprint density at radius 2 is 2.00 bits per heavy atom. The third-order valence-electron chi connectivity index (χ3n) is 3.28. The van der Waals surface area contributed by atoms with Crippen molar-refractivity contribution in [1.82, 2.24) is 10.3 Å². The Morgan fingerprint density at radius 1 is 1.29 bits per heavy atom. The number of rotatable bonds is 6. The van der Waals surface area contributed by atoms with Gasteiger partial charge in [-0.3, -0.25) is 4.79 Å². The minimum absolute atomic E-state index is 0.0190. The number of benzene rings is 1. The van der Waals surface area contributed by atoms with Crippen LogP contribution < -0.4 is 5.32 Å². The zero-order chi connectivity index (χ0) is 15.2. The van der Waals surface area contributed by atoms with Crippen molar-refractivity contribution in [3.8, 4) is 11.5 Å². The SMILES string of the molecule is Cc1nc(-c2ccccc2)oc1CC(=O)NCCC(C)C. The molecule has 0 bridgehead atoms. The fraction of sp³-hybridized carbons (Fsp3) is 0.412. The van der Waals surface area contributed by atoms with Gasteiger partial charge in [-0.05, 0) is 31.4 Å². The van der Waals surface area contributed by atoms with Crippen molar-refractivity contribution < 1.29 is 9.21 Å². The zero-order valence-electron chi connectivity index (χ0n) is 12.8. The van der Waals surface area contributed by atoms with Crippen LogP contribution in [0.15, 0.2) is 34.7 Å². The molecule has 1 heterocycles. The lowest BCUT2D eigenvalue weighted by Crippen LogP contribution is -2.26. The lowest BCUT2D eigenvalue weighted by molar-refractivity contribution is -0.120. The van der Waals surface area contributed by atoms with Gasteiger partial charge in [0, 0.05) is 12.1 Å². The van der Waals surface area contributed by atoms with Gasteiger partial charge in [-0.1, -0.05) is 32.0 Å². The van der Waals surface area contributed by atoms with Crippen molar-refractivity contribution in [3.63, 3.8) is 0 Å². The Balaban J connectivity index is 1.98. The number of aryl methyl sites for hydroxylation is 1. The van der Waals surface area contributed by atoms with Crippen molar-refractivity contribution in [2.24, 2.45) is 5.92 Å². The molecule has 1 amide bonds. The third kappa shape index (κ3) is 4.45. The number of carbonyl (C=O) groups excluding carboxylic acids is 1. The molecule has 21 heavy (non-hydrogen) atoms. The molecule has 0 radical (unpaired) electrons. The van der Waals surface area contributed by atoms with Gasteiger partial charge in [0.05, 0.1) is 12.1 Å². The van der Waals surface area contributed by atoms with Gasteiger partial charge in [-0.25, -0.2) is 4.98 Å². The summed E-state index contributed by atoms with van der Waals surface area (Å²) in [4.78, 5) is 16.3. The molecule has 2 rings (SSSR count). The minimum Gasteiger partial charge on any atom is -0.440 e. The summed E-state index contributed by atoms with van der Waals surface area (Å²) in [6, 6.07) is 9.71. The monoisotopic (exact) mass is 286 g/mol. The summed E-state index contributed by atoms with van der Waals surface area (Å²) in [5, 5.41) is 2.91. The van der Waals surface area contributed by atoms with Crippen LogP contribution in [0, 0.1) is 12.8 Å². The topological polar surface area (TPSA) is 55.1 Å². The number of aromatic nitrogens is 1. The smallest absolute Gasteiger partial charge is 0.227 e. The van der Waals surface area contributed by atoms with Crippen LogP contribution in [0.3, 0.4) is 0 Å². The van der Waals surface area contributed by atoms with E-state index in [9.17, 15) is 4.79 Å². The van der Waals surface area contributed by atoms with Crippen LogP contribution in [0.5, 0.6) is 0 Å². The van der Waals surface area contributed by atoms with Crippen molar-refractivity contribution >= 4 is 5.91 Å². The van der Waals surface area contributed by atoms with Gasteiger partial charge < -0.3 is 9.73 Å². The van der Waals surface area contributed by atoms with E-state index in [1.54, 1.807) is 0 Å². The van der Waals surface area contributed by atoms with Gasteiger partial charge >= 0.3 is 0 Å². The quantitative estimate of drug-likeness (QED) is 0.886. The van der Waals surface area contributed by atoms with E-state index in [1.807, 2.05) is 37.3 Å². The van der Waals surface area contributed by atoms with E-state index in [0.29, 0.717) is 24.1 Å². The molecule has 1 N–H and O–H groups in total. The molecule has 112 valence electrons. The highest BCUT2D eigenvalue weighted by Gasteiger charge is 2.14. The molecular weight excluding hydrogens is 264 g/mol. The highest BCUT2D eigenvalue weighted by Crippen LogP contribution is 2.21. The van der Waals surface area contributed by atoms with E-state index in [4.69, 9.17) is 4.42 Å². The molecule has 0 saturated carbocycles. The molecule has 4 nitrogen and oxygen atoms in total. The first kappa shape index (κ1) is 15.3. The van der Waals surface area contributed by atoms with E-state index < -0.39 is 0 Å². The first-order valence-electron chi connectivity index (χ1n) is 7.34. The average molecular weight is 286 g/mol. The van der Waals surface area contributed by atoms with Crippen LogP contribution in [0.2, 0.25) is 0 Å². The van der Waals surface area contributed by atoms with E-state index >= 15 is 0 Å². The Hall–Kier alpha value is -2.10. The van der Waals surface area contributed by atoms with E-state index in [0.717, 1.165) is 17.7 Å². The van der Waals surface area contributed by atoms with Crippen LogP contribution in [-0.2, 0) is 11.2 Å². The predicted molar refractivity (Wildman–Crippen MR) is 82.8 cm³/mol. The van der Waals surface area contributed by atoms with E-state index in [1.165, 1.54) is 0 Å². The fourth-order valence-corrected chi connectivity index (χ4v) is 2.00. The molecular formula is C17H22N2O2. The zero-order valence-corrected chi connectivity index (χ0v) is 12.8. The maximum absolute atomic E-state index is 11.9. The van der Waals surface area contributed by atoms with Crippen LogP contribution in [0.4, 0.5) is 0 Å². The molecule has 0 saturated heterocycles. The summed E-state index contributed by atoms with van der Waals surface area (Å²) in [5.74, 6) is 1.77. The van der Waals surface area contributed by atoms with Crippen molar-refractivity contribution in [1.29, 1.82) is 0 Å². The second-order valence-corrected chi connectivity index (χ2v) is 5.60. The van der Waals surface area contributed by atoms with Crippen molar-refractivity contribution in [2.75, 3.05) is 6.54 Å². The number of amides is 1. The maximum atomic E-state index is 11.9. The lowest BCUT2D eigenvalue weighted by atomic mass is 10.1. The summed E-state index contributed by atoms with van der Waals surface area (Å²) in [6.07, 6.45) is 1.22. The number of carbonyl (C=O) groups is 1. The van der Waals surface area contributed by atoms with E-state index in [-0.39, 0.29) is 12.3 Å². The normalized spacial score (nSPS) is 10.9. The van der Waals surface area contributed by atoms with Gasteiger partial charge in [0.2, 0.25) is 11.8 Å². The van der Waals surface area contributed by atoms with Crippen LogP contribution in [0.1, 0.15) is 31.7 Å². The Bertz CT molecular complexity index is 588. The van der Waals surface area contributed by atoms with Crippen molar-refractivity contribution in [3.05, 3.63) is 41.8 Å². The number of hydrogen-bond acceptors (Lipinski definition) is 3. The molecule has 4 heteroatoms. The molecule has 0 fully saturated rings. The van der Waals surface area contributed by atoms with Crippen LogP contribution >= 0.6 is 0 Å². The molecule has 1 aromatic heterocycles. The highest BCUT2D eigenvalue weighted by atomic mass is 16.4. The molecule has 0 unspecified atom stereocenters. The second kappa shape index (κ2) is 7.07. The van der Waals surface area contributed by atoms with Gasteiger partial charge in [-0.15, -0.1) is 0 Å². The standard InChI is InChI=1S/C17H22N2O2/c1-12(2)9-10-18-16(20)11-15-13(3)19-17(21-15)14-7-5-4-6-8-14/h4-8,12H,9-11H2,1-3H3,(H,18,20). The third-order valence-corrected chi connectivity index (χ3v) is 3.28. The summed E-state index contributed by atoms with van der Waals surface area (Å²) in [6.45, 7) is 6.85. The number of nitrogens with zero attached hydrogens (tertiary/aromatic N) is 1. The van der Waals surface area contributed by atoms with Gasteiger partial charge in [-0.2, -0.15) is 0 Å². The Morgan fingerprint density at radius 3 is 2.67 bits per heavy atom.